The van der Waals surface area contributed by atoms with Gasteiger partial charge in [0.1, 0.15) is 5.82 Å². The van der Waals surface area contributed by atoms with Gasteiger partial charge < -0.3 is 11.1 Å². The Bertz CT molecular complexity index is 413. The number of carbonyl (C=O) groups is 1. The summed E-state index contributed by atoms with van der Waals surface area (Å²) in [5.74, 6) is -0.807. The van der Waals surface area contributed by atoms with Gasteiger partial charge in [0.2, 0.25) is 0 Å². The molecule has 0 bridgehead atoms. The van der Waals surface area contributed by atoms with Gasteiger partial charge in [0, 0.05) is 19.2 Å². The number of anilines is 2. The lowest BCUT2D eigenvalue weighted by Crippen LogP contribution is -2.05. The normalized spacial score (nSPS) is 10.2. The van der Waals surface area contributed by atoms with Gasteiger partial charge in [0.15, 0.2) is 0 Å². The second-order valence-corrected chi connectivity index (χ2v) is 4.12. The van der Waals surface area contributed by atoms with E-state index in [0.29, 0.717) is 24.5 Å². The van der Waals surface area contributed by atoms with Crippen LogP contribution in [0.15, 0.2) is 18.2 Å². The van der Waals surface area contributed by atoms with Crippen LogP contribution in [0.1, 0.15) is 26.2 Å². The van der Waals surface area contributed by atoms with Crippen LogP contribution in [0.5, 0.6) is 0 Å². The Morgan fingerprint density at radius 2 is 2.16 bits per heavy atom. The minimum Gasteiger partial charge on any atom is -0.399 e. The molecule has 6 heteroatoms. The molecule has 0 aromatic heterocycles. The van der Waals surface area contributed by atoms with Gasteiger partial charge in [-0.3, -0.25) is 4.89 Å². The first-order chi connectivity index (χ1) is 9.09. The zero-order valence-corrected chi connectivity index (χ0v) is 10.9. The molecule has 0 heterocycles. The number of nitrogens with one attached hydrogen (secondary N) is 1. The zero-order valence-electron chi connectivity index (χ0n) is 10.9. The average molecular weight is 270 g/mol. The van der Waals surface area contributed by atoms with Gasteiger partial charge in [-0.15, -0.1) is 0 Å². The van der Waals surface area contributed by atoms with Crippen molar-refractivity contribution in [3.63, 3.8) is 0 Å². The molecule has 0 spiro atoms. The molecular formula is C13H19FN2O3. The summed E-state index contributed by atoms with van der Waals surface area (Å²) in [6.07, 6.45) is 2.54. The molecule has 0 saturated heterocycles. The van der Waals surface area contributed by atoms with Gasteiger partial charge in [-0.05, 0) is 37.5 Å². The number of carbonyl (C=O) groups excluding carboxylic acids is 1. The van der Waals surface area contributed by atoms with Crippen LogP contribution in [0.25, 0.3) is 0 Å². The smallest absolute Gasteiger partial charge is 0.339 e. The van der Waals surface area contributed by atoms with E-state index in [1.807, 2.05) is 0 Å². The van der Waals surface area contributed by atoms with E-state index in [2.05, 4.69) is 15.1 Å². The Morgan fingerprint density at radius 1 is 1.37 bits per heavy atom. The number of nitrogen functional groups attached to an aromatic ring is 1. The van der Waals surface area contributed by atoms with Crippen LogP contribution in [0.4, 0.5) is 15.8 Å². The van der Waals surface area contributed by atoms with Crippen molar-refractivity contribution in [1.82, 2.24) is 0 Å². The SMILES string of the molecule is CC(=O)OOCCCCCNc1ccc(N)cc1F. The summed E-state index contributed by atoms with van der Waals surface area (Å²) in [4.78, 5) is 19.4. The molecule has 0 saturated carbocycles. The quantitative estimate of drug-likeness (QED) is 0.328. The molecule has 3 N–H and O–H groups in total. The highest BCUT2D eigenvalue weighted by molar-refractivity contribution is 5.65. The molecule has 0 atom stereocenters. The Balaban J connectivity index is 2.06. The molecular weight excluding hydrogens is 251 g/mol. The summed E-state index contributed by atoms with van der Waals surface area (Å²) in [6.45, 7) is 2.31. The van der Waals surface area contributed by atoms with Gasteiger partial charge in [0.05, 0.1) is 12.3 Å². The summed E-state index contributed by atoms with van der Waals surface area (Å²) >= 11 is 0. The van der Waals surface area contributed by atoms with Crippen molar-refractivity contribution in [1.29, 1.82) is 0 Å². The molecule has 0 amide bonds. The number of hydrogen-bond acceptors (Lipinski definition) is 5. The lowest BCUT2D eigenvalue weighted by molar-refractivity contribution is -0.270. The second-order valence-electron chi connectivity index (χ2n) is 4.12. The summed E-state index contributed by atoms with van der Waals surface area (Å²) in [5, 5.41) is 2.99. The molecule has 0 aliphatic heterocycles. The molecule has 1 aromatic rings. The van der Waals surface area contributed by atoms with Crippen molar-refractivity contribution in [2.75, 3.05) is 24.2 Å². The van der Waals surface area contributed by atoms with E-state index in [-0.39, 0.29) is 5.82 Å². The maximum atomic E-state index is 13.4. The van der Waals surface area contributed by atoms with E-state index < -0.39 is 5.97 Å². The van der Waals surface area contributed by atoms with Crippen molar-refractivity contribution < 1.29 is 19.0 Å². The highest BCUT2D eigenvalue weighted by Crippen LogP contribution is 2.16. The third kappa shape index (κ3) is 6.61. The van der Waals surface area contributed by atoms with Crippen molar-refractivity contribution in [3.8, 4) is 0 Å². The summed E-state index contributed by atoms with van der Waals surface area (Å²) in [6, 6.07) is 4.56. The summed E-state index contributed by atoms with van der Waals surface area (Å²) in [5.41, 5.74) is 6.31. The van der Waals surface area contributed by atoms with Crippen LogP contribution in [-0.2, 0) is 14.6 Å². The van der Waals surface area contributed by atoms with Gasteiger partial charge in [-0.2, -0.15) is 4.89 Å². The first-order valence-corrected chi connectivity index (χ1v) is 6.18. The number of benzene rings is 1. The molecule has 0 aliphatic rings. The molecule has 0 radical (unpaired) electrons. The number of nitrogens with two attached hydrogens (primary N) is 1. The maximum Gasteiger partial charge on any atom is 0.339 e. The van der Waals surface area contributed by atoms with Crippen LogP contribution in [0, 0.1) is 5.82 Å². The standard InChI is InChI=1S/C13H19FN2O3/c1-10(17)19-18-8-4-2-3-7-16-13-6-5-11(15)9-12(13)14/h5-6,9,16H,2-4,7-8,15H2,1H3. The number of rotatable bonds is 8. The average Bonchev–Trinajstić information content (AvgIpc) is 2.34. The second kappa shape index (κ2) is 8.31. The predicted octanol–water partition coefficient (Wildman–Crippen LogP) is 2.48. The predicted molar refractivity (Wildman–Crippen MR) is 70.9 cm³/mol. The third-order valence-corrected chi connectivity index (χ3v) is 2.39. The van der Waals surface area contributed by atoms with Gasteiger partial charge in [-0.1, -0.05) is 0 Å². The Morgan fingerprint density at radius 3 is 2.84 bits per heavy atom. The van der Waals surface area contributed by atoms with Crippen molar-refractivity contribution in [2.45, 2.75) is 26.2 Å². The van der Waals surface area contributed by atoms with E-state index in [0.717, 1.165) is 19.3 Å². The molecule has 19 heavy (non-hydrogen) atoms. The van der Waals surface area contributed by atoms with Crippen molar-refractivity contribution >= 4 is 17.3 Å². The van der Waals surface area contributed by atoms with Crippen LogP contribution >= 0.6 is 0 Å². The fourth-order valence-corrected chi connectivity index (χ4v) is 1.49. The fourth-order valence-electron chi connectivity index (χ4n) is 1.49. The number of hydrogen-bond donors (Lipinski definition) is 2. The summed E-state index contributed by atoms with van der Waals surface area (Å²) < 4.78 is 13.4. The Hall–Kier alpha value is -1.82. The monoisotopic (exact) mass is 270 g/mol. The number of halogens is 1. The Kier molecular flexibility index (Phi) is 6.67. The highest BCUT2D eigenvalue weighted by atomic mass is 19.1. The first kappa shape index (κ1) is 15.2. The molecule has 1 rings (SSSR count). The minimum absolute atomic E-state index is 0.349. The lowest BCUT2D eigenvalue weighted by atomic mass is 10.2. The van der Waals surface area contributed by atoms with Crippen molar-refractivity contribution in [3.05, 3.63) is 24.0 Å². The molecule has 0 fully saturated rings. The molecule has 0 unspecified atom stereocenters. The van der Waals surface area contributed by atoms with Crippen LogP contribution in [0.3, 0.4) is 0 Å². The highest BCUT2D eigenvalue weighted by Gasteiger charge is 2.01. The van der Waals surface area contributed by atoms with E-state index in [4.69, 9.17) is 5.73 Å². The molecule has 0 aliphatic carbocycles. The van der Waals surface area contributed by atoms with E-state index >= 15 is 0 Å². The Labute approximate surface area is 111 Å². The van der Waals surface area contributed by atoms with Crippen LogP contribution in [-0.4, -0.2) is 19.1 Å². The van der Waals surface area contributed by atoms with Crippen LogP contribution < -0.4 is 11.1 Å². The van der Waals surface area contributed by atoms with Crippen LogP contribution in [0.2, 0.25) is 0 Å². The topological polar surface area (TPSA) is 73.6 Å². The lowest BCUT2D eigenvalue weighted by Gasteiger charge is -2.08. The zero-order chi connectivity index (χ0) is 14.1. The van der Waals surface area contributed by atoms with E-state index in [1.165, 1.54) is 13.0 Å². The van der Waals surface area contributed by atoms with Crippen molar-refractivity contribution in [2.24, 2.45) is 0 Å². The fraction of sp³-hybridized carbons (Fsp3) is 0.462. The van der Waals surface area contributed by atoms with Gasteiger partial charge >= 0.3 is 5.97 Å². The van der Waals surface area contributed by atoms with E-state index in [1.54, 1.807) is 12.1 Å². The molecule has 106 valence electrons. The molecule has 1 aromatic carbocycles. The van der Waals surface area contributed by atoms with E-state index in [9.17, 15) is 9.18 Å². The minimum atomic E-state index is -0.458. The summed E-state index contributed by atoms with van der Waals surface area (Å²) in [7, 11) is 0. The molecule has 5 nitrogen and oxygen atoms in total. The first-order valence-electron chi connectivity index (χ1n) is 6.18. The largest absolute Gasteiger partial charge is 0.399 e. The van der Waals surface area contributed by atoms with Gasteiger partial charge in [0.25, 0.3) is 0 Å². The third-order valence-electron chi connectivity index (χ3n) is 2.39. The maximum absolute atomic E-state index is 13.4. The van der Waals surface area contributed by atoms with Gasteiger partial charge in [-0.25, -0.2) is 9.18 Å². The number of unbranched alkanes of at least 4 members (excludes halogenated alkanes) is 2.